The van der Waals surface area contributed by atoms with Crippen LogP contribution < -0.4 is 0 Å². The molecule has 0 aromatic carbocycles. The van der Waals surface area contributed by atoms with E-state index in [4.69, 9.17) is 8.85 Å². The Morgan fingerprint density at radius 3 is 1.98 bits per heavy atom. The molecule has 42 heavy (non-hydrogen) atoms. The Balaban J connectivity index is 1.86. The number of aliphatic hydroxyl groups excluding tert-OH is 1. The number of carboxylic acid groups (broad SMARTS) is 1. The van der Waals surface area contributed by atoms with Gasteiger partial charge in [-0.3, -0.25) is 4.79 Å². The number of fused-ring (bicyclic) bond motifs is 1. The highest BCUT2D eigenvalue weighted by atomic mass is 28.4. The number of aliphatic hydroxyl groups is 1. The van der Waals surface area contributed by atoms with Crippen LogP contribution >= 0.6 is 0 Å². The van der Waals surface area contributed by atoms with Gasteiger partial charge in [-0.25, -0.2) is 0 Å². The lowest BCUT2D eigenvalue weighted by Gasteiger charge is -2.45. The molecule has 3 aliphatic rings. The van der Waals surface area contributed by atoms with E-state index < -0.39 is 28.7 Å². The normalized spacial score (nSPS) is 32.0. The Morgan fingerprint density at radius 1 is 0.976 bits per heavy atom. The van der Waals surface area contributed by atoms with E-state index in [1.165, 1.54) is 5.57 Å². The van der Waals surface area contributed by atoms with Gasteiger partial charge in [-0.1, -0.05) is 78.7 Å². The minimum absolute atomic E-state index is 0.00589. The maximum atomic E-state index is 11.3. The summed E-state index contributed by atoms with van der Waals surface area (Å²) in [6.45, 7) is 27.9. The summed E-state index contributed by atoms with van der Waals surface area (Å²) >= 11 is 0. The summed E-state index contributed by atoms with van der Waals surface area (Å²) in [6, 6.07) is 0. The topological polar surface area (TPSA) is 76.0 Å². The first-order valence-electron chi connectivity index (χ1n) is 16.7. The molecule has 0 radical (unpaired) electrons. The quantitative estimate of drug-likeness (QED) is 0.251. The van der Waals surface area contributed by atoms with Crippen molar-refractivity contribution < 1.29 is 23.9 Å². The molecule has 1 unspecified atom stereocenters. The van der Waals surface area contributed by atoms with Gasteiger partial charge in [0.15, 0.2) is 16.6 Å². The highest BCUT2D eigenvalue weighted by molar-refractivity contribution is 6.74. The second-order valence-corrected chi connectivity index (χ2v) is 26.8. The number of carbonyl (C=O) groups is 1. The maximum absolute atomic E-state index is 11.3. The molecule has 5 nitrogen and oxygen atoms in total. The van der Waals surface area contributed by atoms with Crippen molar-refractivity contribution in [2.24, 2.45) is 23.2 Å². The van der Waals surface area contributed by atoms with Gasteiger partial charge in [-0.2, -0.15) is 0 Å². The molecule has 3 saturated carbocycles. The van der Waals surface area contributed by atoms with Gasteiger partial charge in [-0.15, -0.1) is 0 Å². The maximum Gasteiger partial charge on any atom is 0.305 e. The Labute approximate surface area is 260 Å². The van der Waals surface area contributed by atoms with Gasteiger partial charge in [0.05, 0.1) is 24.7 Å². The molecule has 0 spiro atoms. The molecule has 242 valence electrons. The van der Waals surface area contributed by atoms with Gasteiger partial charge in [0, 0.05) is 0 Å². The largest absolute Gasteiger partial charge is 0.481 e. The van der Waals surface area contributed by atoms with E-state index in [0.717, 1.165) is 51.4 Å². The van der Waals surface area contributed by atoms with Crippen LogP contribution in [-0.2, 0) is 13.6 Å². The van der Waals surface area contributed by atoms with Crippen LogP contribution in [0.1, 0.15) is 113 Å². The van der Waals surface area contributed by atoms with Crippen molar-refractivity contribution >= 4 is 22.6 Å². The van der Waals surface area contributed by atoms with Gasteiger partial charge in [0.2, 0.25) is 0 Å². The van der Waals surface area contributed by atoms with Gasteiger partial charge in [0.25, 0.3) is 0 Å². The Bertz CT molecular complexity index is 979. The van der Waals surface area contributed by atoms with E-state index in [2.05, 4.69) is 93.7 Å². The first-order valence-corrected chi connectivity index (χ1v) is 22.5. The molecular formula is C35H64O5Si2. The summed E-state index contributed by atoms with van der Waals surface area (Å²) in [5.41, 5.74) is 3.12. The molecule has 3 rings (SSSR count). The summed E-state index contributed by atoms with van der Waals surface area (Å²) < 4.78 is 14.0. The molecule has 7 heteroatoms. The molecule has 0 aromatic heterocycles. The van der Waals surface area contributed by atoms with Crippen LogP contribution in [-0.4, -0.2) is 51.1 Å². The number of hydrogen-bond donors (Lipinski definition) is 2. The van der Waals surface area contributed by atoms with Gasteiger partial charge in [-0.05, 0) is 111 Å². The van der Waals surface area contributed by atoms with E-state index in [0.29, 0.717) is 11.8 Å². The van der Waals surface area contributed by atoms with Crippen molar-refractivity contribution in [3.8, 4) is 0 Å². The molecule has 0 heterocycles. The van der Waals surface area contributed by atoms with Gasteiger partial charge < -0.3 is 19.1 Å². The summed E-state index contributed by atoms with van der Waals surface area (Å²) in [7, 11) is -3.82. The fourth-order valence-corrected chi connectivity index (χ4v) is 10.4. The zero-order chi connectivity index (χ0) is 31.9. The van der Waals surface area contributed by atoms with Gasteiger partial charge in [0.1, 0.15) is 0 Å². The van der Waals surface area contributed by atoms with E-state index in [1.807, 2.05) is 0 Å². The summed E-state index contributed by atoms with van der Waals surface area (Å²) in [5, 5.41) is 20.3. The van der Waals surface area contributed by atoms with E-state index in [1.54, 1.807) is 5.57 Å². The van der Waals surface area contributed by atoms with Crippen molar-refractivity contribution in [3.63, 3.8) is 0 Å². The minimum atomic E-state index is -1.91. The third kappa shape index (κ3) is 8.10. The van der Waals surface area contributed by atoms with E-state index in [-0.39, 0.29) is 40.0 Å². The number of allylic oxidation sites excluding steroid dienone is 3. The fraction of sp³-hybridized carbons (Fsp3) is 0.857. The fourth-order valence-electron chi connectivity index (χ4n) is 7.63. The Morgan fingerprint density at radius 2 is 1.50 bits per heavy atom. The molecule has 3 fully saturated rings. The molecule has 0 saturated heterocycles. The summed E-state index contributed by atoms with van der Waals surface area (Å²) in [4.78, 5) is 11.3. The molecule has 0 bridgehead atoms. The lowest BCUT2D eigenvalue weighted by molar-refractivity contribution is -0.140. The lowest BCUT2D eigenvalue weighted by atomic mass is 9.60. The van der Waals surface area contributed by atoms with Crippen LogP contribution in [0.2, 0.25) is 36.3 Å². The first kappa shape index (κ1) is 35.7. The molecule has 3 aliphatic carbocycles. The average Bonchev–Trinajstić information content (AvgIpc) is 3.17. The highest BCUT2D eigenvalue weighted by Crippen LogP contribution is 2.60. The van der Waals surface area contributed by atoms with Crippen LogP contribution in [0.25, 0.3) is 0 Å². The van der Waals surface area contributed by atoms with E-state index in [9.17, 15) is 15.0 Å². The summed E-state index contributed by atoms with van der Waals surface area (Å²) in [5.74, 6) is -0.0555. The molecule has 0 aromatic rings. The molecule has 7 atom stereocenters. The average molecular weight is 621 g/mol. The second-order valence-electron chi connectivity index (χ2n) is 17.3. The molecule has 0 aliphatic heterocycles. The zero-order valence-corrected chi connectivity index (χ0v) is 31.1. The standard InChI is InChI=1S/C35H64O5Si2/c1-24(31(36)23-32(37)38)29-17-18-30-26(14-13-19-35(29,30)8)16-15-25-20-27(39-41(9,10)33(2,3)4)22-28(21-25)40-42(11,12)34(5,6)7/h15-16,24,27-31,36H,13-14,17-23H2,1-12H3,(H,37,38)/t24-,27+,28+,29+,30-,31?,35+/m0/s1. The minimum Gasteiger partial charge on any atom is -0.481 e. The van der Waals surface area contributed by atoms with Crippen LogP contribution in [0.3, 0.4) is 0 Å². The first-order chi connectivity index (χ1) is 19.1. The number of hydrogen-bond acceptors (Lipinski definition) is 4. The smallest absolute Gasteiger partial charge is 0.305 e. The van der Waals surface area contributed by atoms with Crippen molar-refractivity contribution in [1.82, 2.24) is 0 Å². The number of rotatable bonds is 9. The predicted molar refractivity (Wildman–Crippen MR) is 180 cm³/mol. The van der Waals surface area contributed by atoms with Crippen LogP contribution in [0.5, 0.6) is 0 Å². The zero-order valence-electron chi connectivity index (χ0n) is 29.1. The number of aliphatic carboxylic acids is 1. The number of carboxylic acids is 1. The SMILES string of the molecule is C[C@H](C(O)CC(=O)O)[C@H]1CC[C@H]2C(=CC=C3C[C@@H](O[Si](C)(C)C(C)(C)C)C[C@H](O[Si](C)(C)C(C)(C)C)C3)CCC[C@]12C. The van der Waals surface area contributed by atoms with Crippen molar-refractivity contribution in [3.05, 3.63) is 23.3 Å². The van der Waals surface area contributed by atoms with Crippen LogP contribution in [0, 0.1) is 23.2 Å². The third-order valence-corrected chi connectivity index (χ3v) is 21.3. The van der Waals surface area contributed by atoms with Crippen LogP contribution in [0.4, 0.5) is 0 Å². The van der Waals surface area contributed by atoms with Gasteiger partial charge >= 0.3 is 5.97 Å². The van der Waals surface area contributed by atoms with Crippen molar-refractivity contribution in [2.45, 2.75) is 168 Å². The Hall–Kier alpha value is -0.736. The lowest BCUT2D eigenvalue weighted by Crippen LogP contribution is -2.48. The van der Waals surface area contributed by atoms with Crippen molar-refractivity contribution in [2.75, 3.05) is 0 Å². The highest BCUT2D eigenvalue weighted by Gasteiger charge is 2.52. The Kier molecular flexibility index (Phi) is 11.0. The molecule has 0 amide bonds. The summed E-state index contributed by atoms with van der Waals surface area (Å²) in [6.07, 6.45) is 12.9. The van der Waals surface area contributed by atoms with E-state index >= 15 is 0 Å². The molecule has 2 N–H and O–H groups in total. The molecular weight excluding hydrogens is 557 g/mol. The third-order valence-electron chi connectivity index (χ3n) is 12.2. The second kappa shape index (κ2) is 12.9. The predicted octanol–water partition coefficient (Wildman–Crippen LogP) is 9.49. The van der Waals surface area contributed by atoms with Crippen LogP contribution in [0.15, 0.2) is 23.3 Å². The monoisotopic (exact) mass is 620 g/mol. The van der Waals surface area contributed by atoms with Crippen molar-refractivity contribution in [1.29, 1.82) is 0 Å².